The fourth-order valence-electron chi connectivity index (χ4n) is 2.17. The highest BCUT2D eigenvalue weighted by Gasteiger charge is 2.18. The predicted molar refractivity (Wildman–Crippen MR) is 117 cm³/mol. The van der Waals surface area contributed by atoms with E-state index in [2.05, 4.69) is 34.8 Å². The van der Waals surface area contributed by atoms with E-state index in [4.69, 9.17) is 5.11 Å². The molecule has 0 radical (unpaired) electrons. The van der Waals surface area contributed by atoms with Gasteiger partial charge in [0.25, 0.3) is 5.91 Å². The van der Waals surface area contributed by atoms with Crippen molar-refractivity contribution >= 4 is 11.9 Å². The number of aromatic nitrogens is 3. The molecule has 0 saturated carbocycles. The lowest BCUT2D eigenvalue weighted by Crippen LogP contribution is -2.30. The molecule has 2 N–H and O–H groups in total. The maximum Gasteiger partial charge on any atom is 0.322 e. The van der Waals surface area contributed by atoms with Crippen molar-refractivity contribution in [3.8, 4) is 29.9 Å². The van der Waals surface area contributed by atoms with Crippen LogP contribution in [-0.4, -0.2) is 38.3 Å². The number of allylic oxidation sites excluding steroid dienone is 1. The fourth-order valence-corrected chi connectivity index (χ4v) is 2.17. The van der Waals surface area contributed by atoms with Gasteiger partial charge in [0, 0.05) is 5.56 Å². The van der Waals surface area contributed by atoms with Gasteiger partial charge in [-0.25, -0.2) is 9.67 Å². The van der Waals surface area contributed by atoms with Gasteiger partial charge in [-0.3, -0.25) is 9.59 Å². The largest absolute Gasteiger partial charge is 0.480 e. The van der Waals surface area contributed by atoms with Gasteiger partial charge in [0.1, 0.15) is 6.54 Å². The van der Waals surface area contributed by atoms with Crippen molar-refractivity contribution in [3.05, 3.63) is 78.6 Å². The normalized spacial score (nSPS) is 9.20. The molecule has 3 rings (SSSR count). The number of carboxylic acid groups (broad SMARTS) is 1. The predicted octanol–water partition coefficient (Wildman–Crippen LogP) is 3.58. The van der Waals surface area contributed by atoms with Crippen LogP contribution in [0.1, 0.15) is 24.5 Å². The fraction of sp³-hybridized carbons (Fsp3) is 0.130. The van der Waals surface area contributed by atoms with Gasteiger partial charge in [0.2, 0.25) is 5.82 Å². The van der Waals surface area contributed by atoms with Crippen LogP contribution in [0.15, 0.2) is 72.8 Å². The summed E-state index contributed by atoms with van der Waals surface area (Å²) in [5.74, 6) is -1.35. The number of nitrogens with zero attached hydrogens (tertiary/aromatic N) is 3. The number of carbonyl (C=O) groups excluding carboxylic acids is 1. The highest BCUT2D eigenvalue weighted by molar-refractivity contribution is 5.92. The molecule has 2 aromatic carbocycles. The van der Waals surface area contributed by atoms with E-state index in [1.807, 2.05) is 74.5 Å². The van der Waals surface area contributed by atoms with Crippen LogP contribution in [0.4, 0.5) is 0 Å². The topological polar surface area (TPSA) is 97.1 Å². The Balaban J connectivity index is 0.000000673. The van der Waals surface area contributed by atoms with Crippen LogP contribution in [0.3, 0.4) is 0 Å². The molecule has 0 aliphatic heterocycles. The van der Waals surface area contributed by atoms with E-state index in [0.717, 1.165) is 11.3 Å². The molecule has 3 aromatic rings. The summed E-state index contributed by atoms with van der Waals surface area (Å²) in [6, 6.07) is 18.6. The molecule has 0 bridgehead atoms. The number of para-hydroxylation sites is 1. The SMILES string of the molecule is C#C.C=C(C)C.O=C(O)CNC(=O)c1nc(-c2ccccc2)n(-c2ccccc2)n1. The monoisotopic (exact) mass is 404 g/mol. The molecular formula is C23H24N4O3. The Labute approximate surface area is 176 Å². The van der Waals surface area contributed by atoms with Gasteiger partial charge in [-0.05, 0) is 26.0 Å². The van der Waals surface area contributed by atoms with E-state index >= 15 is 0 Å². The van der Waals surface area contributed by atoms with Crippen LogP contribution in [0.25, 0.3) is 17.1 Å². The zero-order valence-electron chi connectivity index (χ0n) is 16.9. The Hall–Kier alpha value is -4.18. The van der Waals surface area contributed by atoms with E-state index in [1.165, 1.54) is 5.57 Å². The number of carbonyl (C=O) groups is 2. The maximum atomic E-state index is 12.1. The van der Waals surface area contributed by atoms with Gasteiger partial charge in [-0.15, -0.1) is 24.5 Å². The number of aliphatic carboxylic acids is 1. The van der Waals surface area contributed by atoms with Crippen molar-refractivity contribution in [1.29, 1.82) is 0 Å². The molecular weight excluding hydrogens is 380 g/mol. The Morgan fingerprint density at radius 1 is 1.03 bits per heavy atom. The Morgan fingerprint density at radius 2 is 1.53 bits per heavy atom. The van der Waals surface area contributed by atoms with Crippen molar-refractivity contribution in [3.63, 3.8) is 0 Å². The number of hydrogen-bond donors (Lipinski definition) is 2. The minimum Gasteiger partial charge on any atom is -0.480 e. The smallest absolute Gasteiger partial charge is 0.322 e. The first-order valence-corrected chi connectivity index (χ1v) is 8.92. The van der Waals surface area contributed by atoms with E-state index in [9.17, 15) is 9.59 Å². The van der Waals surface area contributed by atoms with Crippen LogP contribution in [-0.2, 0) is 4.79 Å². The highest BCUT2D eigenvalue weighted by Crippen LogP contribution is 2.20. The number of benzene rings is 2. The Bertz CT molecular complexity index is 932. The van der Waals surface area contributed by atoms with Crippen LogP contribution < -0.4 is 5.32 Å². The van der Waals surface area contributed by atoms with Crippen molar-refractivity contribution in [1.82, 2.24) is 20.1 Å². The van der Waals surface area contributed by atoms with Gasteiger partial charge in [0.05, 0.1) is 5.69 Å². The lowest BCUT2D eigenvalue weighted by atomic mass is 10.2. The van der Waals surface area contributed by atoms with E-state index in [0.29, 0.717) is 5.82 Å². The summed E-state index contributed by atoms with van der Waals surface area (Å²) in [7, 11) is 0. The zero-order valence-corrected chi connectivity index (χ0v) is 16.9. The third-order valence-corrected chi connectivity index (χ3v) is 3.24. The van der Waals surface area contributed by atoms with Crippen LogP contribution in [0, 0.1) is 12.8 Å². The summed E-state index contributed by atoms with van der Waals surface area (Å²) in [6.45, 7) is 7.01. The summed E-state index contributed by atoms with van der Waals surface area (Å²) in [4.78, 5) is 26.9. The van der Waals surface area contributed by atoms with Gasteiger partial charge in [-0.1, -0.05) is 54.1 Å². The molecule has 1 amide bonds. The quantitative estimate of drug-likeness (QED) is 0.500. The number of hydrogen-bond acceptors (Lipinski definition) is 4. The first-order chi connectivity index (χ1) is 14.4. The van der Waals surface area contributed by atoms with Crippen LogP contribution in [0.2, 0.25) is 0 Å². The number of rotatable bonds is 5. The third-order valence-electron chi connectivity index (χ3n) is 3.24. The van der Waals surface area contributed by atoms with Crippen molar-refractivity contribution in [2.24, 2.45) is 0 Å². The number of terminal acetylenes is 1. The lowest BCUT2D eigenvalue weighted by molar-refractivity contribution is -0.135. The molecule has 7 heteroatoms. The maximum absolute atomic E-state index is 12.1. The molecule has 0 fully saturated rings. The van der Waals surface area contributed by atoms with Crippen LogP contribution in [0.5, 0.6) is 0 Å². The molecule has 0 unspecified atom stereocenters. The molecule has 0 spiro atoms. The average molecular weight is 404 g/mol. The second-order valence-corrected chi connectivity index (χ2v) is 6.16. The average Bonchev–Trinajstić information content (AvgIpc) is 3.20. The molecule has 154 valence electrons. The Morgan fingerprint density at radius 3 is 2.03 bits per heavy atom. The van der Waals surface area contributed by atoms with E-state index in [-0.39, 0.29) is 5.82 Å². The molecule has 1 heterocycles. The number of amides is 1. The standard InChI is InChI=1S/C17H14N4O3.C4H8.C2H2/c22-14(23)11-18-17(24)15-19-16(12-7-3-1-4-8-12)21(20-15)13-9-5-2-6-10-13;1-4(2)3;1-2/h1-10H,11H2,(H,18,24)(H,22,23);1H2,2-3H3;1-2H. The molecule has 1 aromatic heterocycles. The summed E-state index contributed by atoms with van der Waals surface area (Å²) >= 11 is 0. The first-order valence-electron chi connectivity index (χ1n) is 8.92. The highest BCUT2D eigenvalue weighted by atomic mass is 16.4. The molecule has 0 aliphatic carbocycles. The second kappa shape index (κ2) is 12.3. The number of carboxylic acids is 1. The first kappa shape index (κ1) is 23.9. The number of nitrogens with one attached hydrogen (secondary N) is 1. The molecule has 0 atom stereocenters. The van der Waals surface area contributed by atoms with E-state index < -0.39 is 18.4 Å². The third kappa shape index (κ3) is 7.44. The van der Waals surface area contributed by atoms with E-state index in [1.54, 1.807) is 4.68 Å². The Kier molecular flexibility index (Phi) is 9.79. The van der Waals surface area contributed by atoms with Crippen molar-refractivity contribution < 1.29 is 14.7 Å². The lowest BCUT2D eigenvalue weighted by Gasteiger charge is -2.05. The molecule has 30 heavy (non-hydrogen) atoms. The second-order valence-electron chi connectivity index (χ2n) is 6.16. The molecule has 7 nitrogen and oxygen atoms in total. The van der Waals surface area contributed by atoms with Gasteiger partial charge in [0.15, 0.2) is 5.82 Å². The minimum atomic E-state index is -1.13. The molecule has 0 aliphatic rings. The summed E-state index contributed by atoms with van der Waals surface area (Å²) in [6.07, 6.45) is 8.00. The van der Waals surface area contributed by atoms with Gasteiger partial charge in [-0.2, -0.15) is 0 Å². The van der Waals surface area contributed by atoms with Gasteiger partial charge >= 0.3 is 5.97 Å². The van der Waals surface area contributed by atoms with Crippen molar-refractivity contribution in [2.45, 2.75) is 13.8 Å². The summed E-state index contributed by atoms with van der Waals surface area (Å²) in [5, 5.41) is 15.2. The van der Waals surface area contributed by atoms with Crippen molar-refractivity contribution in [2.75, 3.05) is 6.54 Å². The van der Waals surface area contributed by atoms with Crippen LogP contribution >= 0.6 is 0 Å². The molecule has 0 saturated heterocycles. The van der Waals surface area contributed by atoms with Gasteiger partial charge < -0.3 is 10.4 Å². The minimum absolute atomic E-state index is 0.0843. The summed E-state index contributed by atoms with van der Waals surface area (Å²) in [5.41, 5.74) is 2.72. The zero-order chi connectivity index (χ0) is 22.5. The summed E-state index contributed by atoms with van der Waals surface area (Å²) < 4.78 is 1.56.